The molecule has 0 saturated carbocycles. The Balaban J connectivity index is 1.27. The van der Waals surface area contributed by atoms with E-state index >= 15 is 0 Å². The summed E-state index contributed by atoms with van der Waals surface area (Å²) in [7, 11) is 0. The molecule has 0 aromatic heterocycles. The van der Waals surface area contributed by atoms with Crippen LogP contribution < -0.4 is 0 Å². The van der Waals surface area contributed by atoms with E-state index in [9.17, 15) is 20.4 Å². The second kappa shape index (κ2) is 10.8. The van der Waals surface area contributed by atoms with Crippen molar-refractivity contribution in [2.45, 2.75) is 6.92 Å². The third-order valence-electron chi connectivity index (χ3n) is 10.1. The minimum absolute atomic E-state index is 0.274. The number of fused-ring (bicyclic) bond motifs is 7. The van der Waals surface area contributed by atoms with E-state index < -0.39 is 23.0 Å². The molecule has 4 nitrogen and oxygen atoms in total. The Morgan fingerprint density at radius 1 is 0.347 bits per heavy atom. The van der Waals surface area contributed by atoms with Crippen LogP contribution in [0, 0.1) is 6.92 Å². The molecule has 0 radical (unpaired) electrons. The van der Waals surface area contributed by atoms with Gasteiger partial charge in [0.2, 0.25) is 11.5 Å². The summed E-state index contributed by atoms with van der Waals surface area (Å²) in [5, 5.41) is 53.7. The van der Waals surface area contributed by atoms with Crippen molar-refractivity contribution < 1.29 is 20.4 Å². The lowest BCUT2D eigenvalue weighted by atomic mass is 9.84. The SMILES string of the molecule is Cc1c(O)c(O)c(O)c(O)c1-c1c2ccccc2c(-c2ccc(-c3cc4ccc5ccccc5c4c4ccccc34)cc2)c2ccccc12. The summed E-state index contributed by atoms with van der Waals surface area (Å²) in [4.78, 5) is 0. The van der Waals surface area contributed by atoms with Crippen molar-refractivity contribution in [2.24, 2.45) is 0 Å². The van der Waals surface area contributed by atoms with Gasteiger partial charge in [0.25, 0.3) is 0 Å². The fourth-order valence-electron chi connectivity index (χ4n) is 7.76. The highest BCUT2D eigenvalue weighted by Gasteiger charge is 2.26. The summed E-state index contributed by atoms with van der Waals surface area (Å²) in [5.74, 6) is -2.43. The fraction of sp³-hybridized carbons (Fsp3) is 0.0222. The van der Waals surface area contributed by atoms with E-state index in [4.69, 9.17) is 0 Å². The van der Waals surface area contributed by atoms with Crippen LogP contribution in [0.4, 0.5) is 0 Å². The van der Waals surface area contributed by atoms with Crippen LogP contribution in [0.3, 0.4) is 0 Å². The van der Waals surface area contributed by atoms with Crippen molar-refractivity contribution in [3.63, 3.8) is 0 Å². The molecule has 0 aliphatic carbocycles. The predicted molar refractivity (Wildman–Crippen MR) is 202 cm³/mol. The molecule has 0 spiro atoms. The minimum Gasteiger partial charge on any atom is -0.504 e. The maximum atomic E-state index is 11.2. The van der Waals surface area contributed by atoms with Crippen LogP contribution in [0.2, 0.25) is 0 Å². The van der Waals surface area contributed by atoms with Crippen LogP contribution in [0.5, 0.6) is 23.0 Å². The Hall–Kier alpha value is -6.52. The van der Waals surface area contributed by atoms with Crippen LogP contribution in [-0.4, -0.2) is 20.4 Å². The number of rotatable bonds is 3. The van der Waals surface area contributed by atoms with Gasteiger partial charge in [0, 0.05) is 16.7 Å². The highest BCUT2D eigenvalue weighted by Crippen LogP contribution is 2.54. The largest absolute Gasteiger partial charge is 0.504 e. The molecule has 0 saturated heterocycles. The Labute approximate surface area is 282 Å². The maximum Gasteiger partial charge on any atom is 0.204 e. The standard InChI is InChI=1S/C45H30O4/c1-25-38(43(47)45(49)44(48)42(25)46)41-35-16-8-6-14-33(35)39(34-15-7-9-17-36(34)41)28-21-18-27(19-22-28)37-24-29-23-20-26-10-2-3-11-30(26)40(29)32-13-5-4-12-31(32)37/h2-24,46-49H,1H3. The van der Waals surface area contributed by atoms with Gasteiger partial charge in [0.05, 0.1) is 0 Å². The zero-order valence-electron chi connectivity index (χ0n) is 26.6. The van der Waals surface area contributed by atoms with Crippen molar-refractivity contribution in [1.82, 2.24) is 0 Å². The van der Waals surface area contributed by atoms with Gasteiger partial charge in [-0.1, -0.05) is 133 Å². The topological polar surface area (TPSA) is 80.9 Å². The average molecular weight is 635 g/mol. The molecule has 49 heavy (non-hydrogen) atoms. The summed E-state index contributed by atoms with van der Waals surface area (Å²) in [6, 6.07) is 48.6. The molecule has 0 unspecified atom stereocenters. The Bertz CT molecular complexity index is 2730. The van der Waals surface area contributed by atoms with E-state index in [2.05, 4.69) is 103 Å². The van der Waals surface area contributed by atoms with Gasteiger partial charge in [-0.05, 0) is 89.1 Å². The molecule has 0 heterocycles. The van der Waals surface area contributed by atoms with Crippen molar-refractivity contribution in [1.29, 1.82) is 0 Å². The van der Waals surface area contributed by atoms with Crippen LogP contribution in [0.25, 0.3) is 87.2 Å². The summed E-state index contributed by atoms with van der Waals surface area (Å²) in [5.41, 5.74) is 5.59. The monoisotopic (exact) mass is 634 g/mol. The second-order valence-corrected chi connectivity index (χ2v) is 12.7. The average Bonchev–Trinajstić information content (AvgIpc) is 3.15. The summed E-state index contributed by atoms with van der Waals surface area (Å²) in [6.45, 7) is 1.62. The zero-order chi connectivity index (χ0) is 33.4. The van der Waals surface area contributed by atoms with Crippen molar-refractivity contribution in [2.75, 3.05) is 0 Å². The molecule has 0 bridgehead atoms. The first-order valence-electron chi connectivity index (χ1n) is 16.3. The minimum atomic E-state index is -0.750. The Kier molecular flexibility index (Phi) is 6.30. The lowest BCUT2D eigenvalue weighted by Crippen LogP contribution is -1.94. The number of phenols is 4. The van der Waals surface area contributed by atoms with Crippen molar-refractivity contribution in [3.05, 3.63) is 145 Å². The van der Waals surface area contributed by atoms with Gasteiger partial charge in [-0.2, -0.15) is 0 Å². The molecular weight excluding hydrogens is 604 g/mol. The Morgan fingerprint density at radius 3 is 1.45 bits per heavy atom. The molecule has 0 aliphatic rings. The van der Waals surface area contributed by atoms with Crippen LogP contribution in [-0.2, 0) is 0 Å². The van der Waals surface area contributed by atoms with E-state index in [1.807, 2.05) is 36.4 Å². The fourth-order valence-corrected chi connectivity index (χ4v) is 7.76. The quantitative estimate of drug-likeness (QED) is 0.0675. The molecule has 0 aliphatic heterocycles. The summed E-state index contributed by atoms with van der Waals surface area (Å²) in [6.07, 6.45) is 0. The van der Waals surface area contributed by atoms with Gasteiger partial charge in [-0.25, -0.2) is 0 Å². The first-order chi connectivity index (χ1) is 23.9. The number of hydrogen-bond donors (Lipinski definition) is 4. The molecule has 9 rings (SSSR count). The molecule has 234 valence electrons. The molecule has 9 aromatic carbocycles. The van der Waals surface area contributed by atoms with Gasteiger partial charge in [-0.3, -0.25) is 0 Å². The van der Waals surface area contributed by atoms with Crippen molar-refractivity contribution >= 4 is 53.9 Å². The van der Waals surface area contributed by atoms with Gasteiger partial charge in [0.15, 0.2) is 11.5 Å². The molecule has 4 heteroatoms. The number of phenolic OH excluding ortho intramolecular Hbond substituents is 4. The number of benzene rings is 9. The highest BCUT2D eigenvalue weighted by molar-refractivity contribution is 6.24. The van der Waals surface area contributed by atoms with Crippen LogP contribution >= 0.6 is 0 Å². The first kappa shape index (κ1) is 28.7. The number of hydrogen-bond acceptors (Lipinski definition) is 4. The molecule has 0 amide bonds. The smallest absolute Gasteiger partial charge is 0.204 e. The second-order valence-electron chi connectivity index (χ2n) is 12.7. The molecule has 4 N–H and O–H groups in total. The van der Waals surface area contributed by atoms with E-state index in [1.54, 1.807) is 6.92 Å². The third-order valence-corrected chi connectivity index (χ3v) is 10.1. The highest BCUT2D eigenvalue weighted by atomic mass is 16.3. The Morgan fingerprint density at radius 2 is 0.816 bits per heavy atom. The lowest BCUT2D eigenvalue weighted by Gasteiger charge is -2.21. The maximum absolute atomic E-state index is 11.2. The van der Waals surface area contributed by atoms with Crippen LogP contribution in [0.15, 0.2) is 140 Å². The summed E-state index contributed by atoms with van der Waals surface area (Å²) >= 11 is 0. The van der Waals surface area contributed by atoms with Gasteiger partial charge in [-0.15, -0.1) is 0 Å². The van der Waals surface area contributed by atoms with E-state index in [1.165, 1.54) is 37.9 Å². The van der Waals surface area contributed by atoms with Crippen molar-refractivity contribution in [3.8, 4) is 56.4 Å². The molecule has 0 atom stereocenters. The normalized spacial score (nSPS) is 11.7. The lowest BCUT2D eigenvalue weighted by molar-refractivity contribution is 0.345. The van der Waals surface area contributed by atoms with E-state index in [0.717, 1.165) is 38.2 Å². The van der Waals surface area contributed by atoms with E-state index in [-0.39, 0.29) is 11.1 Å². The van der Waals surface area contributed by atoms with E-state index in [0.29, 0.717) is 5.56 Å². The van der Waals surface area contributed by atoms with Crippen LogP contribution in [0.1, 0.15) is 5.56 Å². The van der Waals surface area contributed by atoms with Gasteiger partial charge < -0.3 is 20.4 Å². The predicted octanol–water partition coefficient (Wildman–Crippen LogP) is 11.6. The van der Waals surface area contributed by atoms with Gasteiger partial charge >= 0.3 is 0 Å². The molecular formula is C45H30O4. The summed E-state index contributed by atoms with van der Waals surface area (Å²) < 4.78 is 0. The zero-order valence-corrected chi connectivity index (χ0v) is 26.6. The van der Waals surface area contributed by atoms with Gasteiger partial charge in [0.1, 0.15) is 0 Å². The third kappa shape index (κ3) is 4.17. The number of aromatic hydroxyl groups is 4. The first-order valence-corrected chi connectivity index (χ1v) is 16.3. The molecule has 0 fully saturated rings. The molecule has 9 aromatic rings.